The van der Waals surface area contributed by atoms with Crippen molar-refractivity contribution in [2.45, 2.75) is 13.0 Å². The highest BCUT2D eigenvalue weighted by molar-refractivity contribution is 6.33. The molecule has 0 aliphatic heterocycles. The van der Waals surface area contributed by atoms with Crippen molar-refractivity contribution in [1.82, 2.24) is 9.55 Å². The molecule has 0 aliphatic rings. The van der Waals surface area contributed by atoms with Crippen molar-refractivity contribution in [3.05, 3.63) is 73.5 Å². The minimum atomic E-state index is -0.514. The fourth-order valence-electron chi connectivity index (χ4n) is 2.73. The first-order chi connectivity index (χ1) is 14.0. The number of ether oxygens (including phenoxy) is 1. The Morgan fingerprint density at radius 2 is 2.14 bits per heavy atom. The number of nitro benzene ring substituents is 1. The molecule has 0 unspecified atom stereocenters. The molecule has 29 heavy (non-hydrogen) atoms. The lowest BCUT2D eigenvalue weighted by Gasteiger charge is -2.12. The standard InChI is InChI=1S/C19H18ClN5O4/c1-29-10-4-9-24-18(26)15-5-2-3-6-17(15)22-19(24)23-21-12-13-11-14(25(27)28)7-8-16(13)20/h2-3,5-8,11-12H,4,9-10H2,1H3,(H,22,23)/b21-12-. The summed E-state index contributed by atoms with van der Waals surface area (Å²) < 4.78 is 6.54. The van der Waals surface area contributed by atoms with Crippen molar-refractivity contribution >= 4 is 40.4 Å². The molecule has 0 fully saturated rings. The highest BCUT2D eigenvalue weighted by atomic mass is 35.5. The first-order valence-corrected chi connectivity index (χ1v) is 9.10. The van der Waals surface area contributed by atoms with E-state index in [-0.39, 0.29) is 17.2 Å². The van der Waals surface area contributed by atoms with E-state index < -0.39 is 4.92 Å². The van der Waals surface area contributed by atoms with Gasteiger partial charge in [0.05, 0.1) is 22.0 Å². The number of anilines is 1. The van der Waals surface area contributed by atoms with E-state index in [9.17, 15) is 14.9 Å². The third-order valence-corrected chi connectivity index (χ3v) is 4.49. The van der Waals surface area contributed by atoms with Crippen LogP contribution in [-0.4, -0.2) is 34.4 Å². The second-order valence-electron chi connectivity index (χ2n) is 6.09. The summed E-state index contributed by atoms with van der Waals surface area (Å²) in [4.78, 5) is 27.7. The molecule has 2 aromatic carbocycles. The average Bonchev–Trinajstić information content (AvgIpc) is 2.71. The molecule has 0 saturated heterocycles. The van der Waals surface area contributed by atoms with Crippen LogP contribution in [0.5, 0.6) is 0 Å². The molecule has 1 N–H and O–H groups in total. The summed E-state index contributed by atoms with van der Waals surface area (Å²) in [6.45, 7) is 0.880. The summed E-state index contributed by atoms with van der Waals surface area (Å²) in [6, 6.07) is 11.1. The highest BCUT2D eigenvalue weighted by Gasteiger charge is 2.11. The van der Waals surface area contributed by atoms with Gasteiger partial charge in [0.25, 0.3) is 11.2 Å². The van der Waals surface area contributed by atoms with Gasteiger partial charge in [-0.1, -0.05) is 23.7 Å². The van der Waals surface area contributed by atoms with E-state index in [4.69, 9.17) is 16.3 Å². The van der Waals surface area contributed by atoms with Gasteiger partial charge in [-0.3, -0.25) is 19.5 Å². The van der Waals surface area contributed by atoms with Crippen LogP contribution < -0.4 is 11.0 Å². The molecule has 9 nitrogen and oxygen atoms in total. The van der Waals surface area contributed by atoms with Crippen molar-refractivity contribution in [2.24, 2.45) is 5.10 Å². The lowest BCUT2D eigenvalue weighted by molar-refractivity contribution is -0.384. The Hall–Kier alpha value is -3.30. The monoisotopic (exact) mass is 415 g/mol. The fourth-order valence-corrected chi connectivity index (χ4v) is 2.90. The highest BCUT2D eigenvalue weighted by Crippen LogP contribution is 2.20. The predicted molar refractivity (Wildman–Crippen MR) is 112 cm³/mol. The van der Waals surface area contributed by atoms with Gasteiger partial charge in [-0.15, -0.1) is 0 Å². The van der Waals surface area contributed by atoms with Crippen LogP contribution in [0, 0.1) is 10.1 Å². The van der Waals surface area contributed by atoms with Crippen molar-refractivity contribution < 1.29 is 9.66 Å². The number of benzene rings is 2. The normalized spacial score (nSPS) is 11.2. The number of nitrogens with zero attached hydrogens (tertiary/aromatic N) is 4. The minimum Gasteiger partial charge on any atom is -0.385 e. The fraction of sp³-hybridized carbons (Fsp3) is 0.211. The molecule has 0 aliphatic carbocycles. The van der Waals surface area contributed by atoms with Crippen LogP contribution in [0.15, 0.2) is 52.4 Å². The van der Waals surface area contributed by atoms with Crippen LogP contribution in [0.3, 0.4) is 0 Å². The lowest BCUT2D eigenvalue weighted by atomic mass is 10.2. The number of halogens is 1. The Morgan fingerprint density at radius 1 is 1.34 bits per heavy atom. The molecular formula is C19H18ClN5O4. The molecule has 1 heterocycles. The Morgan fingerprint density at radius 3 is 2.90 bits per heavy atom. The molecule has 0 amide bonds. The topological polar surface area (TPSA) is 112 Å². The molecule has 1 aromatic heterocycles. The van der Waals surface area contributed by atoms with Crippen molar-refractivity contribution in [2.75, 3.05) is 19.1 Å². The Bertz CT molecular complexity index is 1130. The van der Waals surface area contributed by atoms with Gasteiger partial charge in [-0.25, -0.2) is 10.4 Å². The summed E-state index contributed by atoms with van der Waals surface area (Å²) >= 11 is 6.08. The molecule has 0 saturated carbocycles. The van der Waals surface area contributed by atoms with Gasteiger partial charge >= 0.3 is 0 Å². The van der Waals surface area contributed by atoms with Crippen LogP contribution in [0.25, 0.3) is 10.9 Å². The molecule has 150 valence electrons. The Labute approximate surface area is 170 Å². The number of fused-ring (bicyclic) bond motifs is 1. The summed E-state index contributed by atoms with van der Waals surface area (Å²) in [5, 5.41) is 15.8. The summed E-state index contributed by atoms with van der Waals surface area (Å²) in [6.07, 6.45) is 1.96. The second kappa shape index (κ2) is 9.26. The number of non-ortho nitro benzene ring substituents is 1. The van der Waals surface area contributed by atoms with Gasteiger partial charge in [0.1, 0.15) is 0 Å². The second-order valence-corrected chi connectivity index (χ2v) is 6.50. The number of hydrazone groups is 1. The van der Waals surface area contributed by atoms with Gasteiger partial charge in [0, 0.05) is 43.0 Å². The lowest BCUT2D eigenvalue weighted by Crippen LogP contribution is -2.24. The van der Waals surface area contributed by atoms with Crippen LogP contribution in [0.4, 0.5) is 11.6 Å². The van der Waals surface area contributed by atoms with Gasteiger partial charge in [-0.2, -0.15) is 5.10 Å². The van der Waals surface area contributed by atoms with Crippen LogP contribution >= 0.6 is 11.6 Å². The van der Waals surface area contributed by atoms with Crippen molar-refractivity contribution in [1.29, 1.82) is 0 Å². The molecule has 3 aromatic rings. The Kier molecular flexibility index (Phi) is 6.53. The third-order valence-electron chi connectivity index (χ3n) is 4.15. The van der Waals surface area contributed by atoms with Crippen LogP contribution in [0.1, 0.15) is 12.0 Å². The third kappa shape index (κ3) is 4.76. The maximum Gasteiger partial charge on any atom is 0.270 e. The molecule has 3 rings (SSSR count). The molecule has 0 spiro atoms. The molecule has 0 bridgehead atoms. The average molecular weight is 416 g/mol. The van der Waals surface area contributed by atoms with E-state index in [2.05, 4.69) is 15.5 Å². The van der Waals surface area contributed by atoms with Gasteiger partial charge < -0.3 is 4.74 Å². The number of nitro groups is 1. The Balaban J connectivity index is 1.93. The SMILES string of the molecule is COCCCn1c(N/N=C\c2cc([N+](=O)[O-])ccc2Cl)nc2ccccc2c1=O. The van der Waals surface area contributed by atoms with Gasteiger partial charge in [0.15, 0.2) is 0 Å². The number of para-hydroxylation sites is 1. The van der Waals surface area contributed by atoms with Gasteiger partial charge in [-0.05, 0) is 24.6 Å². The number of methoxy groups -OCH3 is 1. The van der Waals surface area contributed by atoms with E-state index in [0.717, 1.165) is 0 Å². The zero-order chi connectivity index (χ0) is 20.8. The van der Waals surface area contributed by atoms with E-state index in [0.29, 0.717) is 41.1 Å². The predicted octanol–water partition coefficient (Wildman–Crippen LogP) is 3.44. The van der Waals surface area contributed by atoms with Crippen molar-refractivity contribution in [3.63, 3.8) is 0 Å². The number of nitrogens with one attached hydrogen (secondary N) is 1. The molecular weight excluding hydrogens is 398 g/mol. The van der Waals surface area contributed by atoms with Gasteiger partial charge in [0.2, 0.25) is 5.95 Å². The number of hydrogen-bond donors (Lipinski definition) is 1. The van der Waals surface area contributed by atoms with Crippen LogP contribution in [0.2, 0.25) is 5.02 Å². The van der Waals surface area contributed by atoms with E-state index in [1.807, 2.05) is 0 Å². The first kappa shape index (κ1) is 20.4. The summed E-state index contributed by atoms with van der Waals surface area (Å²) in [5.74, 6) is 0.252. The first-order valence-electron chi connectivity index (χ1n) is 8.73. The van der Waals surface area contributed by atoms with Crippen LogP contribution in [-0.2, 0) is 11.3 Å². The van der Waals surface area contributed by atoms with E-state index in [1.54, 1.807) is 31.4 Å². The quantitative estimate of drug-likeness (QED) is 0.261. The van der Waals surface area contributed by atoms with E-state index in [1.165, 1.54) is 29.0 Å². The molecule has 0 atom stereocenters. The molecule has 10 heteroatoms. The maximum atomic E-state index is 12.8. The zero-order valence-corrected chi connectivity index (χ0v) is 16.3. The minimum absolute atomic E-state index is 0.101. The maximum absolute atomic E-state index is 12.8. The van der Waals surface area contributed by atoms with Crippen molar-refractivity contribution in [3.8, 4) is 0 Å². The molecule has 0 radical (unpaired) electrons. The smallest absolute Gasteiger partial charge is 0.270 e. The van der Waals surface area contributed by atoms with E-state index >= 15 is 0 Å². The largest absolute Gasteiger partial charge is 0.385 e. The number of hydrogen-bond acceptors (Lipinski definition) is 7. The summed E-state index contributed by atoms with van der Waals surface area (Å²) in [7, 11) is 1.59. The zero-order valence-electron chi connectivity index (χ0n) is 15.5. The summed E-state index contributed by atoms with van der Waals surface area (Å²) in [5.41, 5.74) is 3.35. The number of aromatic nitrogens is 2. The number of rotatable bonds is 8.